The van der Waals surface area contributed by atoms with Crippen LogP contribution in [0.2, 0.25) is 0 Å². The molecule has 0 aromatic rings. The van der Waals surface area contributed by atoms with E-state index >= 15 is 0 Å². The van der Waals surface area contributed by atoms with E-state index < -0.39 is 20.6 Å². The number of rotatable bonds is 5. The summed E-state index contributed by atoms with van der Waals surface area (Å²) in [7, 11) is -5.48. The van der Waals surface area contributed by atoms with Gasteiger partial charge in [0.2, 0.25) is 0 Å². The van der Waals surface area contributed by atoms with E-state index in [1.165, 1.54) is 0 Å². The maximum Gasteiger partial charge on any atom is 0.540 e. The van der Waals surface area contributed by atoms with Crippen LogP contribution in [0.1, 0.15) is 0 Å². The van der Waals surface area contributed by atoms with Gasteiger partial charge in [0.15, 0.2) is 0 Å². The standard InChI is InChI=1S/C2H2F5O4P/c3-1(4)2(5)9-12(8,10-6)11-7/h1-2H. The Morgan fingerprint density at radius 1 is 1.08 bits per heavy atom. The van der Waals surface area contributed by atoms with Gasteiger partial charge >= 0.3 is 7.82 Å². The van der Waals surface area contributed by atoms with Crippen molar-refractivity contribution in [3.63, 3.8) is 0 Å². The molecule has 0 spiro atoms. The molecule has 0 saturated heterocycles. The Morgan fingerprint density at radius 3 is 1.75 bits per heavy atom. The van der Waals surface area contributed by atoms with Gasteiger partial charge in [-0.25, -0.2) is 22.3 Å². The zero-order chi connectivity index (χ0) is 9.78. The molecule has 4 nitrogen and oxygen atoms in total. The van der Waals surface area contributed by atoms with Crippen molar-refractivity contribution in [3.8, 4) is 0 Å². The molecular formula is C2H2F5O4P. The van der Waals surface area contributed by atoms with Crippen LogP contribution in [0.3, 0.4) is 0 Å². The van der Waals surface area contributed by atoms with E-state index in [0.29, 0.717) is 0 Å². The van der Waals surface area contributed by atoms with Crippen molar-refractivity contribution in [1.82, 2.24) is 0 Å². The van der Waals surface area contributed by atoms with Gasteiger partial charge in [0.25, 0.3) is 12.8 Å². The number of hydrogen-bond acceptors (Lipinski definition) is 4. The normalized spacial score (nSPS) is 15.2. The molecule has 0 fully saturated rings. The van der Waals surface area contributed by atoms with E-state index in [1.54, 1.807) is 0 Å². The lowest BCUT2D eigenvalue weighted by Crippen LogP contribution is -2.15. The SMILES string of the molecule is O=P(OF)(OF)OC(F)C(F)F. The lowest BCUT2D eigenvalue weighted by molar-refractivity contribution is -0.156. The third-order valence-corrected chi connectivity index (χ3v) is 1.39. The molecule has 0 aliphatic carbocycles. The van der Waals surface area contributed by atoms with Crippen molar-refractivity contribution in [2.75, 3.05) is 0 Å². The summed E-state index contributed by atoms with van der Waals surface area (Å²) in [4.78, 5) is 0. The van der Waals surface area contributed by atoms with E-state index in [1.807, 2.05) is 0 Å². The smallest absolute Gasteiger partial charge is 0.242 e. The Morgan fingerprint density at radius 2 is 1.50 bits per heavy atom. The zero-order valence-electron chi connectivity index (χ0n) is 5.12. The molecule has 0 N–H and O–H groups in total. The Bertz CT molecular complexity index is 167. The van der Waals surface area contributed by atoms with Crippen molar-refractivity contribution >= 4 is 7.82 Å². The number of halogens is 5. The molecular weight excluding hydrogens is 214 g/mol. The molecule has 0 aliphatic heterocycles. The van der Waals surface area contributed by atoms with Gasteiger partial charge in [-0.15, -0.1) is 0 Å². The van der Waals surface area contributed by atoms with E-state index in [2.05, 4.69) is 14.0 Å². The van der Waals surface area contributed by atoms with Crippen LogP contribution in [-0.4, -0.2) is 12.8 Å². The molecule has 0 aliphatic rings. The van der Waals surface area contributed by atoms with E-state index in [9.17, 15) is 26.8 Å². The molecule has 0 radical (unpaired) electrons. The van der Waals surface area contributed by atoms with Gasteiger partial charge in [-0.1, -0.05) is 9.46 Å². The largest absolute Gasteiger partial charge is 0.540 e. The summed E-state index contributed by atoms with van der Waals surface area (Å²) < 4.78 is 73.6. The maximum absolute atomic E-state index is 11.8. The fraction of sp³-hybridized carbons (Fsp3) is 1.00. The molecule has 1 atom stereocenters. The second-order valence-corrected chi connectivity index (χ2v) is 2.76. The first kappa shape index (κ1) is 11.8. The predicted octanol–water partition coefficient (Wildman–Crippen LogP) is 2.47. The van der Waals surface area contributed by atoms with Crippen molar-refractivity contribution < 1.29 is 40.8 Å². The summed E-state index contributed by atoms with van der Waals surface area (Å²) >= 11 is 0. The van der Waals surface area contributed by atoms with Crippen molar-refractivity contribution in [3.05, 3.63) is 0 Å². The summed E-state index contributed by atoms with van der Waals surface area (Å²) in [5, 5.41) is 0. The average molecular weight is 216 g/mol. The third kappa shape index (κ3) is 3.44. The van der Waals surface area contributed by atoms with Crippen LogP contribution in [0.5, 0.6) is 0 Å². The van der Waals surface area contributed by atoms with Crippen LogP contribution in [0.15, 0.2) is 0 Å². The first-order valence-electron chi connectivity index (χ1n) is 2.26. The van der Waals surface area contributed by atoms with Gasteiger partial charge in [0.05, 0.1) is 0 Å². The summed E-state index contributed by atoms with van der Waals surface area (Å²) in [5.74, 6) is 0. The summed E-state index contributed by atoms with van der Waals surface area (Å²) in [6.45, 7) is 0. The highest BCUT2D eigenvalue weighted by Crippen LogP contribution is 2.51. The molecule has 0 rings (SSSR count). The Kier molecular flexibility index (Phi) is 4.61. The lowest BCUT2D eigenvalue weighted by atomic mass is 10.7. The lowest BCUT2D eigenvalue weighted by Gasteiger charge is -2.10. The predicted molar refractivity (Wildman–Crippen MR) is 24.0 cm³/mol. The highest BCUT2D eigenvalue weighted by Gasteiger charge is 2.37. The summed E-state index contributed by atoms with van der Waals surface area (Å²) in [6, 6.07) is 0. The van der Waals surface area contributed by atoms with Gasteiger partial charge in [0, 0.05) is 0 Å². The minimum Gasteiger partial charge on any atom is -0.242 e. The fourth-order valence-corrected chi connectivity index (χ4v) is 0.638. The zero-order valence-corrected chi connectivity index (χ0v) is 6.02. The van der Waals surface area contributed by atoms with Gasteiger partial charge in [-0.2, -0.15) is 0 Å². The second-order valence-electron chi connectivity index (χ2n) is 1.38. The van der Waals surface area contributed by atoms with Gasteiger partial charge in [0.1, 0.15) is 0 Å². The Labute approximate surface area is 62.6 Å². The minimum absolute atomic E-state index is 2.17. The molecule has 74 valence electrons. The molecule has 0 heterocycles. The molecule has 0 aromatic heterocycles. The van der Waals surface area contributed by atoms with E-state index in [-0.39, 0.29) is 0 Å². The van der Waals surface area contributed by atoms with Gasteiger partial charge < -0.3 is 0 Å². The summed E-state index contributed by atoms with van der Waals surface area (Å²) in [5.41, 5.74) is 0. The van der Waals surface area contributed by atoms with Crippen molar-refractivity contribution in [1.29, 1.82) is 0 Å². The van der Waals surface area contributed by atoms with Crippen LogP contribution < -0.4 is 0 Å². The molecule has 0 bridgehead atoms. The second kappa shape index (κ2) is 4.70. The molecule has 10 heteroatoms. The molecule has 0 saturated carbocycles. The van der Waals surface area contributed by atoms with Crippen LogP contribution in [0.25, 0.3) is 0 Å². The number of phosphoric acid groups is 1. The van der Waals surface area contributed by atoms with Crippen LogP contribution in [0, 0.1) is 0 Å². The first-order valence-corrected chi connectivity index (χ1v) is 3.72. The summed E-state index contributed by atoms with van der Waals surface area (Å²) in [6.07, 6.45) is -7.18. The van der Waals surface area contributed by atoms with Crippen LogP contribution in [-0.2, 0) is 18.5 Å². The quantitative estimate of drug-likeness (QED) is 0.523. The highest BCUT2D eigenvalue weighted by atomic mass is 31.2. The van der Waals surface area contributed by atoms with Crippen LogP contribution >= 0.6 is 7.82 Å². The third-order valence-electron chi connectivity index (χ3n) is 0.597. The van der Waals surface area contributed by atoms with Gasteiger partial charge in [-0.3, -0.25) is 0 Å². The molecule has 0 aromatic carbocycles. The maximum atomic E-state index is 11.8. The number of alkyl halides is 3. The topological polar surface area (TPSA) is 44.8 Å². The fourth-order valence-electron chi connectivity index (χ4n) is 0.213. The first-order chi connectivity index (χ1) is 5.45. The monoisotopic (exact) mass is 216 g/mol. The van der Waals surface area contributed by atoms with Crippen LogP contribution in [0.4, 0.5) is 22.2 Å². The van der Waals surface area contributed by atoms with Gasteiger partial charge in [-0.05, 0) is 9.05 Å². The average Bonchev–Trinajstić information content (AvgIpc) is 2.04. The highest BCUT2D eigenvalue weighted by molar-refractivity contribution is 7.48. The molecule has 1 unspecified atom stereocenters. The Balaban J connectivity index is 4.12. The van der Waals surface area contributed by atoms with Crippen molar-refractivity contribution in [2.45, 2.75) is 12.8 Å². The van der Waals surface area contributed by atoms with E-state index in [4.69, 9.17) is 0 Å². The minimum atomic E-state index is -5.48. The van der Waals surface area contributed by atoms with E-state index in [0.717, 1.165) is 0 Å². The molecule has 0 amide bonds. The molecule has 12 heavy (non-hydrogen) atoms. The Hall–Kier alpha value is -0.240. The van der Waals surface area contributed by atoms with Crippen molar-refractivity contribution in [2.24, 2.45) is 0 Å². The number of hydrogen-bond donors (Lipinski definition) is 0.